The van der Waals surface area contributed by atoms with E-state index >= 15 is 0 Å². The average molecular weight is 465 g/mol. The number of anilines is 4. The smallest absolute Gasteiger partial charge is 0.247 e. The maximum Gasteiger partial charge on any atom is 0.247 e. The molecular weight excluding hydrogens is 439 g/mol. The number of carbonyl (C=O) groups is 2. The van der Waals surface area contributed by atoms with Crippen LogP contribution in [-0.2, 0) is 22.4 Å². The molecule has 0 spiro atoms. The van der Waals surface area contributed by atoms with Crippen LogP contribution in [0, 0.1) is 5.95 Å². The molecule has 0 radical (unpaired) electrons. The minimum absolute atomic E-state index is 0.0777. The number of Topliss-reactive ketones (excluding diaryl/α,β-unsaturated/α-hetero) is 1. The molecule has 1 atom stereocenters. The monoisotopic (exact) mass is 464 g/mol. The van der Waals surface area contributed by atoms with Crippen molar-refractivity contribution in [2.75, 3.05) is 22.1 Å². The van der Waals surface area contributed by atoms with Crippen molar-refractivity contribution in [3.05, 3.63) is 47.3 Å². The molecule has 1 saturated heterocycles. The van der Waals surface area contributed by atoms with Gasteiger partial charge in [-0.25, -0.2) is 9.97 Å². The molecule has 176 valence electrons. The van der Waals surface area contributed by atoms with E-state index in [0.717, 1.165) is 17.7 Å². The van der Waals surface area contributed by atoms with E-state index in [1.54, 1.807) is 0 Å². The van der Waals surface area contributed by atoms with Crippen LogP contribution >= 0.6 is 0 Å². The number of ketones is 1. The lowest BCUT2D eigenvalue weighted by Crippen LogP contribution is -2.40. The summed E-state index contributed by atoms with van der Waals surface area (Å²) in [6, 6.07) is 4.08. The van der Waals surface area contributed by atoms with E-state index in [1.165, 1.54) is 18.3 Å². The molecule has 2 aliphatic rings. The zero-order valence-electron chi connectivity index (χ0n) is 18.9. The Labute approximate surface area is 195 Å². The highest BCUT2D eigenvalue weighted by Crippen LogP contribution is 2.32. The van der Waals surface area contributed by atoms with E-state index in [0.29, 0.717) is 41.9 Å². The molecule has 1 amide bonds. The third kappa shape index (κ3) is 4.33. The molecule has 1 aliphatic heterocycles. The van der Waals surface area contributed by atoms with Crippen LogP contribution in [0.1, 0.15) is 49.6 Å². The molecule has 4 heterocycles. The van der Waals surface area contributed by atoms with E-state index in [1.807, 2.05) is 11.0 Å². The quantitative estimate of drug-likeness (QED) is 0.475. The largest absolute Gasteiger partial charge is 0.329 e. The maximum absolute atomic E-state index is 13.1. The molecule has 0 saturated carbocycles. The second-order valence-electron chi connectivity index (χ2n) is 8.89. The summed E-state index contributed by atoms with van der Waals surface area (Å²) < 4.78 is 13.1. The Bertz CT molecular complexity index is 1240. The Balaban J connectivity index is 1.42. The molecule has 0 aromatic carbocycles. The molecule has 0 bridgehead atoms. The van der Waals surface area contributed by atoms with Crippen molar-refractivity contribution in [2.24, 2.45) is 0 Å². The molecule has 1 aliphatic carbocycles. The highest BCUT2D eigenvalue weighted by Gasteiger charge is 2.35. The fourth-order valence-electron chi connectivity index (χ4n) is 4.30. The summed E-state index contributed by atoms with van der Waals surface area (Å²) >= 11 is 0. The summed E-state index contributed by atoms with van der Waals surface area (Å²) in [5.41, 5.74) is 2.84. The van der Waals surface area contributed by atoms with Gasteiger partial charge < -0.3 is 15.5 Å². The fraction of sp³-hybridized carbons (Fsp3) is 0.391. The minimum atomic E-state index is -0.612. The number of amides is 1. The van der Waals surface area contributed by atoms with Crippen LogP contribution in [0.2, 0.25) is 0 Å². The summed E-state index contributed by atoms with van der Waals surface area (Å²) in [4.78, 5) is 40.0. The lowest BCUT2D eigenvalue weighted by molar-refractivity contribution is -0.118. The molecule has 5 rings (SSSR count). The zero-order valence-corrected chi connectivity index (χ0v) is 18.9. The topological polar surface area (TPSA) is 129 Å². The average Bonchev–Trinajstić information content (AvgIpc) is 3.54. The van der Waals surface area contributed by atoms with E-state index in [-0.39, 0.29) is 30.4 Å². The number of carbonyl (C=O) groups excluding carboxylic acids is 2. The number of aromatic amines is 1. The van der Waals surface area contributed by atoms with E-state index in [2.05, 4.69) is 44.6 Å². The zero-order chi connectivity index (χ0) is 23.8. The van der Waals surface area contributed by atoms with Crippen LogP contribution in [-0.4, -0.2) is 49.4 Å². The number of fused-ring (bicyclic) bond motifs is 1. The summed E-state index contributed by atoms with van der Waals surface area (Å²) in [6.07, 6.45) is 3.20. The van der Waals surface area contributed by atoms with Crippen molar-refractivity contribution in [3.63, 3.8) is 0 Å². The number of aromatic nitrogens is 5. The van der Waals surface area contributed by atoms with Crippen molar-refractivity contribution < 1.29 is 14.0 Å². The number of hydrogen-bond acceptors (Lipinski definition) is 8. The van der Waals surface area contributed by atoms with Crippen LogP contribution < -0.4 is 15.5 Å². The Hall–Kier alpha value is -3.89. The Morgan fingerprint density at radius 2 is 2.12 bits per heavy atom. The predicted molar refractivity (Wildman–Crippen MR) is 124 cm³/mol. The Kier molecular flexibility index (Phi) is 5.68. The Morgan fingerprint density at radius 3 is 2.85 bits per heavy atom. The standard InChI is InChI=1S/C23H25FN8O2/c1-12(2)16-10-20(31-30-16)28-21-15-8-14(33)9-17(15)27-23(29-21)32-7-3-4-18(32)22(34)26-13-5-6-19(24)25-11-13/h5-6,10-12,18H,3-4,7-9H2,1-2H3,(H,26,34)(H2,27,28,29,30,31)/t18-/m0/s1. The molecule has 34 heavy (non-hydrogen) atoms. The molecule has 10 nitrogen and oxygen atoms in total. The summed E-state index contributed by atoms with van der Waals surface area (Å²) in [6.45, 7) is 4.74. The lowest BCUT2D eigenvalue weighted by Gasteiger charge is -2.25. The van der Waals surface area contributed by atoms with Crippen molar-refractivity contribution in [2.45, 2.75) is 51.5 Å². The SMILES string of the molecule is CC(C)c1cc(Nc2nc(N3CCC[C@H]3C(=O)Nc3ccc(F)nc3)nc3c2CC(=O)C3)n[nH]1. The van der Waals surface area contributed by atoms with Crippen LogP contribution in [0.5, 0.6) is 0 Å². The van der Waals surface area contributed by atoms with Crippen LogP contribution in [0.25, 0.3) is 0 Å². The highest BCUT2D eigenvalue weighted by atomic mass is 19.1. The van der Waals surface area contributed by atoms with E-state index < -0.39 is 12.0 Å². The van der Waals surface area contributed by atoms with Crippen molar-refractivity contribution >= 4 is 35.0 Å². The van der Waals surface area contributed by atoms with E-state index in [9.17, 15) is 14.0 Å². The second kappa shape index (κ2) is 8.81. The van der Waals surface area contributed by atoms with Gasteiger partial charge in [-0.2, -0.15) is 14.5 Å². The second-order valence-corrected chi connectivity index (χ2v) is 8.89. The fourth-order valence-corrected chi connectivity index (χ4v) is 4.30. The third-order valence-electron chi connectivity index (χ3n) is 6.09. The number of H-pyrrole nitrogens is 1. The van der Waals surface area contributed by atoms with Gasteiger partial charge >= 0.3 is 0 Å². The van der Waals surface area contributed by atoms with Crippen molar-refractivity contribution in [1.82, 2.24) is 25.1 Å². The third-order valence-corrected chi connectivity index (χ3v) is 6.09. The van der Waals surface area contributed by atoms with Crippen LogP contribution in [0.15, 0.2) is 24.4 Å². The first-order valence-electron chi connectivity index (χ1n) is 11.3. The van der Waals surface area contributed by atoms with Gasteiger partial charge in [0.2, 0.25) is 17.8 Å². The molecule has 3 aromatic rings. The van der Waals surface area contributed by atoms with Gasteiger partial charge in [0, 0.05) is 36.7 Å². The first-order valence-corrected chi connectivity index (χ1v) is 11.3. The maximum atomic E-state index is 13.1. The molecule has 11 heteroatoms. The van der Waals surface area contributed by atoms with Crippen LogP contribution in [0.4, 0.5) is 27.7 Å². The molecular formula is C23H25FN8O2. The van der Waals surface area contributed by atoms with Gasteiger partial charge in [-0.3, -0.25) is 14.7 Å². The van der Waals surface area contributed by atoms with Gasteiger partial charge in [0.1, 0.15) is 17.6 Å². The number of nitrogens with one attached hydrogen (secondary N) is 3. The van der Waals surface area contributed by atoms with Gasteiger partial charge in [-0.05, 0) is 30.9 Å². The number of halogens is 1. The van der Waals surface area contributed by atoms with Gasteiger partial charge in [0.25, 0.3) is 0 Å². The number of rotatable bonds is 6. The first kappa shape index (κ1) is 21.9. The first-order chi connectivity index (χ1) is 16.4. The normalized spacial score (nSPS) is 17.4. The Morgan fingerprint density at radius 1 is 1.26 bits per heavy atom. The molecule has 3 aromatic heterocycles. The highest BCUT2D eigenvalue weighted by molar-refractivity contribution is 5.97. The molecule has 0 unspecified atom stereocenters. The summed E-state index contributed by atoms with van der Waals surface area (Å²) in [7, 11) is 0. The number of nitrogens with zero attached hydrogens (tertiary/aromatic N) is 5. The van der Waals surface area contributed by atoms with Crippen molar-refractivity contribution in [3.8, 4) is 0 Å². The van der Waals surface area contributed by atoms with Gasteiger partial charge in [0.15, 0.2) is 5.82 Å². The minimum Gasteiger partial charge on any atom is -0.329 e. The van der Waals surface area contributed by atoms with Crippen molar-refractivity contribution in [1.29, 1.82) is 0 Å². The molecule has 3 N–H and O–H groups in total. The number of pyridine rings is 1. The van der Waals surface area contributed by atoms with Gasteiger partial charge in [-0.1, -0.05) is 13.8 Å². The summed E-state index contributed by atoms with van der Waals surface area (Å²) in [5, 5.41) is 13.3. The predicted octanol–water partition coefficient (Wildman–Crippen LogP) is 2.88. The number of hydrogen-bond donors (Lipinski definition) is 3. The van der Waals surface area contributed by atoms with Gasteiger partial charge in [-0.15, -0.1) is 0 Å². The van der Waals surface area contributed by atoms with Crippen LogP contribution in [0.3, 0.4) is 0 Å². The van der Waals surface area contributed by atoms with E-state index in [4.69, 9.17) is 4.98 Å². The summed E-state index contributed by atoms with van der Waals surface area (Å²) in [5.74, 6) is 1.04. The lowest BCUT2D eigenvalue weighted by atomic mass is 10.1. The van der Waals surface area contributed by atoms with Gasteiger partial charge in [0.05, 0.1) is 17.6 Å². The molecule has 1 fully saturated rings.